The second-order valence-electron chi connectivity index (χ2n) is 6.79. The van der Waals surface area contributed by atoms with Crippen LogP contribution in [0.25, 0.3) is 0 Å². The van der Waals surface area contributed by atoms with E-state index in [1.165, 1.54) is 5.01 Å². The van der Waals surface area contributed by atoms with Crippen LogP contribution in [-0.2, 0) is 19.9 Å². The molecule has 0 spiro atoms. The lowest BCUT2D eigenvalue weighted by atomic mass is 9.83. The molecule has 2 atom stereocenters. The second-order valence-corrected chi connectivity index (χ2v) is 6.79. The Labute approximate surface area is 169 Å². The summed E-state index contributed by atoms with van der Waals surface area (Å²) in [5, 5.41) is 1.49. The molecule has 4 rings (SSSR count). The van der Waals surface area contributed by atoms with Crippen LogP contribution in [0.2, 0.25) is 0 Å². The molecule has 8 nitrogen and oxygen atoms in total. The van der Waals surface area contributed by atoms with Crippen molar-refractivity contribution >= 4 is 11.6 Å². The van der Waals surface area contributed by atoms with Crippen LogP contribution >= 0.6 is 0 Å². The summed E-state index contributed by atoms with van der Waals surface area (Å²) in [5.41, 5.74) is 4.51. The minimum Gasteiger partial charge on any atom is -0.497 e. The number of hydrazine groups is 1. The second kappa shape index (κ2) is 7.73. The molecule has 1 saturated heterocycles. The fourth-order valence-electron chi connectivity index (χ4n) is 3.68. The average molecular weight is 397 g/mol. The van der Waals surface area contributed by atoms with E-state index in [4.69, 9.17) is 18.9 Å². The monoisotopic (exact) mass is 397 g/mol. The Morgan fingerprint density at radius 2 is 1.83 bits per heavy atom. The lowest BCUT2D eigenvalue weighted by molar-refractivity contribution is -0.204. The van der Waals surface area contributed by atoms with Gasteiger partial charge in [-0.3, -0.25) is 15.2 Å². The maximum atomic E-state index is 13.2. The van der Waals surface area contributed by atoms with Crippen LogP contribution in [0, 0.1) is 0 Å². The van der Waals surface area contributed by atoms with Gasteiger partial charge in [0.15, 0.2) is 6.29 Å². The number of pyridine rings is 1. The predicted octanol–water partition coefficient (Wildman–Crippen LogP) is 2.51. The number of nitrogens with one attached hydrogen (secondary N) is 1. The summed E-state index contributed by atoms with van der Waals surface area (Å²) in [6, 6.07) is 9.01. The minimum absolute atomic E-state index is 0.106. The molecule has 0 aliphatic carbocycles. The molecule has 1 aromatic heterocycles. The predicted molar refractivity (Wildman–Crippen MR) is 105 cm³/mol. The van der Waals surface area contributed by atoms with Gasteiger partial charge in [-0.25, -0.2) is 5.01 Å². The quantitative estimate of drug-likeness (QED) is 0.830. The van der Waals surface area contributed by atoms with Crippen LogP contribution < -0.4 is 19.9 Å². The third-order valence-corrected chi connectivity index (χ3v) is 5.17. The number of benzene rings is 1. The van der Waals surface area contributed by atoms with Gasteiger partial charge in [-0.05, 0) is 17.7 Å². The molecule has 1 aromatic carbocycles. The van der Waals surface area contributed by atoms with Crippen molar-refractivity contribution in [3.8, 4) is 11.5 Å². The van der Waals surface area contributed by atoms with Crippen molar-refractivity contribution in [3.05, 3.63) is 60.1 Å². The maximum absolute atomic E-state index is 13.2. The van der Waals surface area contributed by atoms with Crippen molar-refractivity contribution in [2.75, 3.05) is 26.3 Å². The fourth-order valence-corrected chi connectivity index (χ4v) is 3.68. The number of fused-ring (bicyclic) bond motifs is 1. The number of rotatable bonds is 5. The Morgan fingerprint density at radius 3 is 2.45 bits per heavy atom. The van der Waals surface area contributed by atoms with Crippen molar-refractivity contribution in [2.24, 2.45) is 0 Å². The van der Waals surface area contributed by atoms with E-state index in [0.717, 1.165) is 11.3 Å². The molecule has 0 unspecified atom stereocenters. The number of hydrogen-bond donors (Lipinski definition) is 1. The molecule has 1 amide bonds. The minimum atomic E-state index is -0.960. The number of amides is 1. The smallest absolute Gasteiger partial charge is 0.249 e. The Morgan fingerprint density at radius 1 is 1.14 bits per heavy atom. The first-order valence-corrected chi connectivity index (χ1v) is 9.24. The molecule has 0 bridgehead atoms. The molecule has 3 heterocycles. The summed E-state index contributed by atoms with van der Waals surface area (Å²) in [6.45, 7) is 0. The van der Waals surface area contributed by atoms with Crippen molar-refractivity contribution in [3.63, 3.8) is 0 Å². The number of hydrogen-bond acceptors (Lipinski definition) is 7. The third-order valence-electron chi connectivity index (χ3n) is 5.17. The Hall–Kier alpha value is -3.10. The maximum Gasteiger partial charge on any atom is 0.249 e. The Bertz CT molecular complexity index is 911. The van der Waals surface area contributed by atoms with Crippen LogP contribution in [0.5, 0.6) is 11.5 Å². The van der Waals surface area contributed by atoms with E-state index in [9.17, 15) is 4.79 Å². The topological polar surface area (TPSA) is 82.2 Å². The van der Waals surface area contributed by atoms with Crippen molar-refractivity contribution in [1.82, 2.24) is 10.4 Å². The highest BCUT2D eigenvalue weighted by molar-refractivity contribution is 5.95. The van der Waals surface area contributed by atoms with Crippen LogP contribution in [0.4, 0.5) is 5.69 Å². The van der Waals surface area contributed by atoms with Gasteiger partial charge < -0.3 is 18.9 Å². The van der Waals surface area contributed by atoms with E-state index in [1.54, 1.807) is 51.9 Å². The van der Waals surface area contributed by atoms with E-state index < -0.39 is 11.9 Å². The Balaban J connectivity index is 1.75. The number of ether oxygens (including phenoxy) is 4. The first kappa shape index (κ1) is 19.2. The molecule has 8 heteroatoms. The summed E-state index contributed by atoms with van der Waals surface area (Å²) >= 11 is 0. The standard InChI is InChI=1S/C21H23N3O5/c1-26-16-10-15(11-17(12-16)27-2)24-19(25)13-21(14-6-8-22-9-7-14)18(23-24)4-5-20(28-3)29-21/h4,6-12,20,23H,5,13H2,1-3H3/t20-,21+/m0/s1. The normalized spacial score (nSPS) is 23.7. The zero-order chi connectivity index (χ0) is 20.4. The van der Waals surface area contributed by atoms with Gasteiger partial charge in [-0.2, -0.15) is 0 Å². The van der Waals surface area contributed by atoms with Gasteiger partial charge in [0, 0.05) is 44.1 Å². The number of anilines is 1. The lowest BCUT2D eigenvalue weighted by Gasteiger charge is -2.47. The number of methoxy groups -OCH3 is 3. The van der Waals surface area contributed by atoms with Crippen LogP contribution in [0.3, 0.4) is 0 Å². The summed E-state index contributed by atoms with van der Waals surface area (Å²) in [4.78, 5) is 17.3. The number of carbonyl (C=O) groups is 1. The zero-order valence-corrected chi connectivity index (χ0v) is 16.5. The van der Waals surface area contributed by atoms with E-state index in [2.05, 4.69) is 10.4 Å². The number of carbonyl (C=O) groups excluding carboxylic acids is 1. The summed E-state index contributed by atoms with van der Waals surface area (Å²) in [7, 11) is 4.73. The largest absolute Gasteiger partial charge is 0.497 e. The van der Waals surface area contributed by atoms with Gasteiger partial charge in [-0.15, -0.1) is 0 Å². The summed E-state index contributed by atoms with van der Waals surface area (Å²) in [5.74, 6) is 1.02. The summed E-state index contributed by atoms with van der Waals surface area (Å²) in [6.07, 6.45) is 5.61. The van der Waals surface area contributed by atoms with Crippen LogP contribution in [0.15, 0.2) is 54.5 Å². The van der Waals surface area contributed by atoms with Gasteiger partial charge in [0.2, 0.25) is 5.91 Å². The molecule has 152 valence electrons. The molecule has 1 fully saturated rings. The molecule has 0 radical (unpaired) electrons. The van der Waals surface area contributed by atoms with Gasteiger partial charge in [0.05, 0.1) is 32.0 Å². The SMILES string of the molecule is COc1cc(OC)cc(N2NC3=CC[C@@H](OC)O[C@@]3(c3ccncc3)CC2=O)c1. The van der Waals surface area contributed by atoms with E-state index in [1.807, 2.05) is 18.2 Å². The molecule has 1 N–H and O–H groups in total. The van der Waals surface area contributed by atoms with Gasteiger partial charge >= 0.3 is 0 Å². The van der Waals surface area contributed by atoms with Gasteiger partial charge in [-0.1, -0.05) is 6.08 Å². The highest BCUT2D eigenvalue weighted by Crippen LogP contribution is 2.44. The first-order chi connectivity index (χ1) is 14.1. The van der Waals surface area contributed by atoms with E-state index in [-0.39, 0.29) is 12.3 Å². The lowest BCUT2D eigenvalue weighted by Crippen LogP contribution is -2.58. The Kier molecular flexibility index (Phi) is 5.12. The zero-order valence-electron chi connectivity index (χ0n) is 16.5. The first-order valence-electron chi connectivity index (χ1n) is 9.24. The van der Waals surface area contributed by atoms with Crippen molar-refractivity contribution in [2.45, 2.75) is 24.7 Å². The molecular formula is C21H23N3O5. The number of nitrogens with zero attached hydrogens (tertiary/aromatic N) is 2. The van der Waals surface area contributed by atoms with E-state index >= 15 is 0 Å². The molecule has 2 aromatic rings. The fraction of sp³-hybridized carbons (Fsp3) is 0.333. The molecule has 0 saturated carbocycles. The highest BCUT2D eigenvalue weighted by Gasteiger charge is 2.49. The molecule has 29 heavy (non-hydrogen) atoms. The van der Waals surface area contributed by atoms with Gasteiger partial charge in [0.25, 0.3) is 0 Å². The van der Waals surface area contributed by atoms with E-state index in [0.29, 0.717) is 23.6 Å². The molecule has 2 aliphatic heterocycles. The third kappa shape index (κ3) is 3.41. The van der Waals surface area contributed by atoms with Gasteiger partial charge in [0.1, 0.15) is 17.1 Å². The van der Waals surface area contributed by atoms with Crippen molar-refractivity contribution < 1.29 is 23.7 Å². The van der Waals surface area contributed by atoms with Crippen LogP contribution in [0.1, 0.15) is 18.4 Å². The summed E-state index contributed by atoms with van der Waals surface area (Å²) < 4.78 is 22.4. The molecular weight excluding hydrogens is 374 g/mol. The highest BCUT2D eigenvalue weighted by atomic mass is 16.7. The van der Waals surface area contributed by atoms with Crippen molar-refractivity contribution in [1.29, 1.82) is 0 Å². The van der Waals surface area contributed by atoms with Crippen LogP contribution in [-0.4, -0.2) is 38.5 Å². The molecule has 2 aliphatic rings. The average Bonchev–Trinajstić information content (AvgIpc) is 2.78. The number of aromatic nitrogens is 1.